The van der Waals surface area contributed by atoms with Gasteiger partial charge in [-0.25, -0.2) is 4.79 Å². The Balaban J connectivity index is 4.18. The number of quaternary nitrogens is 1. The fourth-order valence-corrected chi connectivity index (χ4v) is 8.19. The summed E-state index contributed by atoms with van der Waals surface area (Å²) in [4.78, 5) is 37.3. The molecule has 0 aliphatic carbocycles. The Kier molecular flexibility index (Phi) is 47.0. The number of hydrogen-bond acceptors (Lipinski definition) is 7. The Hall–Kier alpha value is -1.97. The molecule has 65 heavy (non-hydrogen) atoms. The monoisotopic (exact) mass is 923 g/mol. The predicted molar refractivity (Wildman–Crippen MR) is 272 cm³/mol. The summed E-state index contributed by atoms with van der Waals surface area (Å²) in [5, 5.41) is 9.68. The standard InChI is InChI=1S/C56H107NO8/c1-6-8-10-12-14-16-18-20-22-23-24-25-26-27-28-29-30-31-33-34-36-38-40-42-44-46-53(58)63-50-52(51-64-56(55(60)61)62-49-48-57(3,4)5)65-54(59)47-45-43-41-39-37-35-32-21-19-17-15-13-11-9-7-2/h21,32,52,56H,6-20,22-31,33-51H2,1-5H3/p+1/b32-21-. The van der Waals surface area contributed by atoms with Crippen molar-refractivity contribution >= 4 is 17.9 Å². The maximum absolute atomic E-state index is 12.8. The molecule has 2 unspecified atom stereocenters. The number of unbranched alkanes of at least 4 members (excludes halogenated alkanes) is 35. The van der Waals surface area contributed by atoms with E-state index in [-0.39, 0.29) is 32.2 Å². The van der Waals surface area contributed by atoms with Gasteiger partial charge in [0.15, 0.2) is 6.10 Å². The number of carboxylic acid groups (broad SMARTS) is 1. The fraction of sp³-hybridized carbons (Fsp3) is 0.911. The number of hydrogen-bond donors (Lipinski definition) is 1. The SMILES string of the molecule is CCCCCCCC/C=C\CCCCCCCC(=O)OC(COC(=O)CCCCCCCCCCCCCCCCCCCCCCCCCCC)COC(OCC[N+](C)(C)C)C(=O)O. The first kappa shape index (κ1) is 63.0. The van der Waals surface area contributed by atoms with Crippen molar-refractivity contribution in [2.75, 3.05) is 47.5 Å². The van der Waals surface area contributed by atoms with Gasteiger partial charge in [0.05, 0.1) is 34.4 Å². The van der Waals surface area contributed by atoms with Crippen molar-refractivity contribution in [3.63, 3.8) is 0 Å². The first-order chi connectivity index (χ1) is 31.6. The average Bonchev–Trinajstić information content (AvgIpc) is 3.27. The molecule has 0 radical (unpaired) electrons. The molecule has 0 bridgehead atoms. The first-order valence-electron chi connectivity index (χ1n) is 27.9. The van der Waals surface area contributed by atoms with Crippen LogP contribution in [-0.2, 0) is 33.3 Å². The van der Waals surface area contributed by atoms with Gasteiger partial charge in [0.25, 0.3) is 6.29 Å². The zero-order chi connectivity index (χ0) is 47.7. The van der Waals surface area contributed by atoms with Gasteiger partial charge in [0.1, 0.15) is 13.2 Å². The van der Waals surface area contributed by atoms with Crippen LogP contribution in [0.25, 0.3) is 0 Å². The Morgan fingerprint density at radius 2 is 0.785 bits per heavy atom. The summed E-state index contributed by atoms with van der Waals surface area (Å²) in [5.41, 5.74) is 0. The van der Waals surface area contributed by atoms with Crippen LogP contribution >= 0.6 is 0 Å². The van der Waals surface area contributed by atoms with Gasteiger partial charge >= 0.3 is 17.9 Å². The number of ether oxygens (including phenoxy) is 4. The largest absolute Gasteiger partial charge is 0.477 e. The number of carbonyl (C=O) groups is 3. The topological polar surface area (TPSA) is 108 Å². The summed E-state index contributed by atoms with van der Waals surface area (Å²) in [5.74, 6) is -2.00. The lowest BCUT2D eigenvalue weighted by Gasteiger charge is -2.25. The van der Waals surface area contributed by atoms with Crippen molar-refractivity contribution < 1.29 is 42.9 Å². The molecule has 9 nitrogen and oxygen atoms in total. The van der Waals surface area contributed by atoms with Crippen molar-refractivity contribution in [1.29, 1.82) is 0 Å². The normalized spacial score (nSPS) is 12.8. The second-order valence-electron chi connectivity index (χ2n) is 20.3. The number of likely N-dealkylation sites (N-methyl/N-ethyl adjacent to an activating group) is 1. The molecule has 0 spiro atoms. The van der Waals surface area contributed by atoms with Gasteiger partial charge in [0, 0.05) is 12.8 Å². The number of carbonyl (C=O) groups excluding carboxylic acids is 2. The summed E-state index contributed by atoms with van der Waals surface area (Å²) in [7, 11) is 5.97. The van der Waals surface area contributed by atoms with Gasteiger partial charge in [0.2, 0.25) is 0 Å². The highest BCUT2D eigenvalue weighted by atomic mass is 16.7. The summed E-state index contributed by atoms with van der Waals surface area (Å²) < 4.78 is 22.8. The summed E-state index contributed by atoms with van der Waals surface area (Å²) >= 11 is 0. The van der Waals surface area contributed by atoms with E-state index >= 15 is 0 Å². The minimum atomic E-state index is -1.51. The molecule has 0 amide bonds. The maximum Gasteiger partial charge on any atom is 0.361 e. The number of aliphatic carboxylic acids is 1. The van der Waals surface area contributed by atoms with Gasteiger partial charge in [-0.2, -0.15) is 0 Å². The molecule has 0 rings (SSSR count). The Labute approximate surface area is 402 Å². The molecule has 0 aromatic heterocycles. The quantitative estimate of drug-likeness (QED) is 0.0211. The van der Waals surface area contributed by atoms with Crippen LogP contribution in [0.3, 0.4) is 0 Å². The maximum atomic E-state index is 12.8. The molecule has 9 heteroatoms. The smallest absolute Gasteiger partial charge is 0.361 e. The van der Waals surface area contributed by atoms with E-state index in [0.717, 1.165) is 51.4 Å². The van der Waals surface area contributed by atoms with E-state index in [9.17, 15) is 19.5 Å². The summed E-state index contributed by atoms with van der Waals surface area (Å²) in [6.45, 7) is 4.91. The van der Waals surface area contributed by atoms with Gasteiger partial charge in [-0.3, -0.25) is 9.59 Å². The van der Waals surface area contributed by atoms with Crippen LogP contribution in [-0.4, -0.2) is 87.4 Å². The van der Waals surface area contributed by atoms with E-state index < -0.39 is 24.3 Å². The van der Waals surface area contributed by atoms with E-state index in [0.29, 0.717) is 23.9 Å². The minimum Gasteiger partial charge on any atom is -0.477 e. The highest BCUT2D eigenvalue weighted by Gasteiger charge is 2.25. The summed E-state index contributed by atoms with van der Waals surface area (Å²) in [6.07, 6.45) is 51.5. The van der Waals surface area contributed by atoms with E-state index in [1.807, 2.05) is 21.1 Å². The lowest BCUT2D eigenvalue weighted by atomic mass is 10.0. The van der Waals surface area contributed by atoms with Crippen molar-refractivity contribution in [3.05, 3.63) is 12.2 Å². The van der Waals surface area contributed by atoms with Gasteiger partial charge in [-0.05, 0) is 38.5 Å². The van der Waals surface area contributed by atoms with Gasteiger partial charge in [-0.1, -0.05) is 231 Å². The molecule has 0 aliphatic rings. The summed E-state index contributed by atoms with van der Waals surface area (Å²) in [6, 6.07) is 0. The van der Waals surface area contributed by atoms with Crippen LogP contribution in [0.5, 0.6) is 0 Å². The number of carboxylic acids is 1. The van der Waals surface area contributed by atoms with Crippen molar-refractivity contribution in [2.24, 2.45) is 0 Å². The van der Waals surface area contributed by atoms with Crippen molar-refractivity contribution in [3.8, 4) is 0 Å². The molecule has 1 N–H and O–H groups in total. The second kappa shape index (κ2) is 48.5. The second-order valence-corrected chi connectivity index (χ2v) is 20.3. The molecule has 384 valence electrons. The van der Waals surface area contributed by atoms with E-state index in [2.05, 4.69) is 26.0 Å². The number of esters is 2. The van der Waals surface area contributed by atoms with Gasteiger partial charge < -0.3 is 28.5 Å². The molecule has 0 aromatic carbocycles. The van der Waals surface area contributed by atoms with Gasteiger partial charge in [-0.15, -0.1) is 0 Å². The van der Waals surface area contributed by atoms with Crippen LogP contribution in [0.15, 0.2) is 12.2 Å². The lowest BCUT2D eigenvalue weighted by Crippen LogP contribution is -2.40. The third-order valence-corrected chi connectivity index (χ3v) is 12.5. The van der Waals surface area contributed by atoms with Crippen molar-refractivity contribution in [2.45, 2.75) is 283 Å². The van der Waals surface area contributed by atoms with Crippen LogP contribution in [0.4, 0.5) is 0 Å². The minimum absolute atomic E-state index is 0.179. The molecule has 0 aliphatic heterocycles. The highest BCUT2D eigenvalue weighted by Crippen LogP contribution is 2.17. The zero-order valence-electron chi connectivity index (χ0n) is 43.7. The number of rotatable bonds is 52. The van der Waals surface area contributed by atoms with E-state index in [4.69, 9.17) is 18.9 Å². The van der Waals surface area contributed by atoms with Crippen LogP contribution < -0.4 is 0 Å². The Morgan fingerprint density at radius 1 is 0.446 bits per heavy atom. The van der Waals surface area contributed by atoms with E-state index in [1.54, 1.807) is 0 Å². The Bertz CT molecular complexity index is 1070. The molecule has 0 saturated carbocycles. The molecule has 0 heterocycles. The molecular formula is C56H108NO8+. The van der Waals surface area contributed by atoms with Crippen LogP contribution in [0.2, 0.25) is 0 Å². The first-order valence-corrected chi connectivity index (χ1v) is 27.9. The third kappa shape index (κ3) is 49.8. The third-order valence-electron chi connectivity index (χ3n) is 12.5. The lowest BCUT2D eigenvalue weighted by molar-refractivity contribution is -0.870. The average molecular weight is 923 g/mol. The fourth-order valence-electron chi connectivity index (χ4n) is 8.19. The molecular weight excluding hydrogens is 815 g/mol. The number of allylic oxidation sites excluding steroid dienone is 2. The molecule has 2 atom stereocenters. The van der Waals surface area contributed by atoms with Crippen LogP contribution in [0.1, 0.15) is 271 Å². The highest BCUT2D eigenvalue weighted by molar-refractivity contribution is 5.71. The predicted octanol–water partition coefficient (Wildman–Crippen LogP) is 15.8. The van der Waals surface area contributed by atoms with Crippen LogP contribution in [0, 0.1) is 0 Å². The van der Waals surface area contributed by atoms with Crippen molar-refractivity contribution in [1.82, 2.24) is 0 Å². The molecule has 0 saturated heterocycles. The van der Waals surface area contributed by atoms with E-state index in [1.165, 1.54) is 186 Å². The number of nitrogens with zero attached hydrogens (tertiary/aromatic N) is 1. The molecule has 0 fully saturated rings. The molecule has 0 aromatic rings. The zero-order valence-corrected chi connectivity index (χ0v) is 43.7. The Morgan fingerprint density at radius 3 is 1.14 bits per heavy atom.